The van der Waals surface area contributed by atoms with E-state index in [1.807, 2.05) is 18.2 Å². The van der Waals surface area contributed by atoms with Gasteiger partial charge in [0.05, 0.1) is 12.1 Å². The molecule has 0 spiro atoms. The summed E-state index contributed by atoms with van der Waals surface area (Å²) in [5.74, 6) is -0.282. The number of hydrogen-bond donors (Lipinski definition) is 1. The number of carbonyl (C=O) groups is 1. The second-order valence-corrected chi connectivity index (χ2v) is 4.95. The summed E-state index contributed by atoms with van der Waals surface area (Å²) in [4.78, 5) is 11.7. The summed E-state index contributed by atoms with van der Waals surface area (Å²) < 4.78 is 0. The molecule has 1 aromatic rings. The first kappa shape index (κ1) is 10.2. The van der Waals surface area contributed by atoms with Gasteiger partial charge in [-0.15, -0.1) is 0 Å². The maximum atomic E-state index is 11.7. The van der Waals surface area contributed by atoms with Crippen LogP contribution in [-0.2, 0) is 12.0 Å². The topological polar surface area (TPSA) is 40.5 Å². The Morgan fingerprint density at radius 2 is 2.00 bits per heavy atom. The minimum absolute atomic E-state index is 0.0772. The second-order valence-electron chi connectivity index (χ2n) is 4.95. The molecular weight excluding hydrogens is 190 g/mol. The van der Waals surface area contributed by atoms with Gasteiger partial charge in [0.1, 0.15) is 0 Å². The van der Waals surface area contributed by atoms with Gasteiger partial charge in [-0.3, -0.25) is 10.0 Å². The van der Waals surface area contributed by atoms with Gasteiger partial charge in [0, 0.05) is 0 Å². The summed E-state index contributed by atoms with van der Waals surface area (Å²) in [7, 11) is 0. The van der Waals surface area contributed by atoms with Crippen LogP contribution < -0.4 is 0 Å². The average Bonchev–Trinajstić information content (AvgIpc) is 2.41. The minimum Gasteiger partial charge on any atom is -0.285 e. The largest absolute Gasteiger partial charge is 0.285 e. The van der Waals surface area contributed by atoms with Gasteiger partial charge in [-0.1, -0.05) is 39.0 Å². The molecule has 2 rings (SSSR count). The lowest BCUT2D eigenvalue weighted by molar-refractivity contribution is -0.0579. The smallest absolute Gasteiger partial charge is 0.278 e. The van der Waals surface area contributed by atoms with Crippen LogP contribution in [0.25, 0.3) is 0 Å². The Kier molecular flexibility index (Phi) is 2.08. The molecule has 0 bridgehead atoms. The van der Waals surface area contributed by atoms with E-state index < -0.39 is 0 Å². The zero-order valence-electron chi connectivity index (χ0n) is 9.24. The van der Waals surface area contributed by atoms with E-state index in [9.17, 15) is 10.0 Å². The highest BCUT2D eigenvalue weighted by atomic mass is 16.5. The van der Waals surface area contributed by atoms with Crippen molar-refractivity contribution in [2.75, 3.05) is 0 Å². The fraction of sp³-hybridized carbons (Fsp3) is 0.417. The normalized spacial score (nSPS) is 15.7. The van der Waals surface area contributed by atoms with Crippen LogP contribution >= 0.6 is 0 Å². The van der Waals surface area contributed by atoms with Crippen LogP contribution in [0.2, 0.25) is 0 Å². The fourth-order valence-electron chi connectivity index (χ4n) is 1.97. The molecule has 0 aliphatic carbocycles. The zero-order valence-corrected chi connectivity index (χ0v) is 9.24. The fourth-order valence-corrected chi connectivity index (χ4v) is 1.97. The number of carbonyl (C=O) groups excluding carboxylic acids is 1. The van der Waals surface area contributed by atoms with Crippen molar-refractivity contribution in [1.29, 1.82) is 0 Å². The Balaban J connectivity index is 2.63. The first-order valence-electron chi connectivity index (χ1n) is 5.04. The highest BCUT2D eigenvalue weighted by molar-refractivity contribution is 5.99. The number of hydrogen-bond acceptors (Lipinski definition) is 2. The Labute approximate surface area is 89.3 Å². The summed E-state index contributed by atoms with van der Waals surface area (Å²) in [6, 6.07) is 5.78. The van der Waals surface area contributed by atoms with Crippen LogP contribution in [0, 0.1) is 0 Å². The Bertz CT molecular complexity index is 418. The molecule has 1 N–H and O–H groups in total. The minimum atomic E-state index is -0.282. The van der Waals surface area contributed by atoms with Crippen LogP contribution in [0.1, 0.15) is 42.3 Å². The summed E-state index contributed by atoms with van der Waals surface area (Å²) >= 11 is 0. The van der Waals surface area contributed by atoms with E-state index in [1.54, 1.807) is 0 Å². The molecule has 0 aromatic heterocycles. The average molecular weight is 205 g/mol. The Morgan fingerprint density at radius 1 is 1.33 bits per heavy atom. The molecule has 0 saturated carbocycles. The van der Waals surface area contributed by atoms with Gasteiger partial charge in [0.2, 0.25) is 0 Å². The summed E-state index contributed by atoms with van der Waals surface area (Å²) in [6.07, 6.45) is 0. The molecule has 1 amide bonds. The quantitative estimate of drug-likeness (QED) is 0.660. The maximum Gasteiger partial charge on any atom is 0.278 e. The highest BCUT2D eigenvalue weighted by Gasteiger charge is 2.32. The SMILES string of the molecule is CC(C)(C)c1cccc2c1C(=O)N(O)C2. The molecule has 3 nitrogen and oxygen atoms in total. The second kappa shape index (κ2) is 3.07. The van der Waals surface area contributed by atoms with Crippen molar-refractivity contribution in [2.24, 2.45) is 0 Å². The van der Waals surface area contributed by atoms with Gasteiger partial charge in [-0.05, 0) is 16.5 Å². The van der Waals surface area contributed by atoms with Crippen LogP contribution in [0.4, 0.5) is 0 Å². The van der Waals surface area contributed by atoms with Crippen molar-refractivity contribution < 1.29 is 10.0 Å². The molecule has 0 fully saturated rings. The van der Waals surface area contributed by atoms with Gasteiger partial charge in [-0.25, -0.2) is 5.06 Å². The Morgan fingerprint density at radius 3 is 2.60 bits per heavy atom. The molecule has 15 heavy (non-hydrogen) atoms. The van der Waals surface area contributed by atoms with Gasteiger partial charge < -0.3 is 0 Å². The van der Waals surface area contributed by atoms with Gasteiger partial charge in [0.25, 0.3) is 5.91 Å². The lowest BCUT2D eigenvalue weighted by Crippen LogP contribution is -2.22. The molecule has 1 aliphatic rings. The van der Waals surface area contributed by atoms with Crippen LogP contribution in [0.15, 0.2) is 18.2 Å². The predicted molar refractivity (Wildman–Crippen MR) is 56.8 cm³/mol. The van der Waals surface area contributed by atoms with Crippen molar-refractivity contribution in [3.8, 4) is 0 Å². The predicted octanol–water partition coefficient (Wildman–Crippen LogP) is 2.33. The van der Waals surface area contributed by atoms with Crippen LogP contribution in [0.3, 0.4) is 0 Å². The molecule has 1 aliphatic heterocycles. The Hall–Kier alpha value is -1.35. The van der Waals surface area contributed by atoms with Crippen molar-refractivity contribution in [3.05, 3.63) is 34.9 Å². The zero-order chi connectivity index (χ0) is 11.2. The first-order valence-corrected chi connectivity index (χ1v) is 5.04. The van der Waals surface area contributed by atoms with E-state index in [2.05, 4.69) is 20.8 Å². The number of amides is 1. The van der Waals surface area contributed by atoms with Crippen LogP contribution in [-0.4, -0.2) is 16.2 Å². The number of benzene rings is 1. The van der Waals surface area contributed by atoms with Gasteiger partial charge in [-0.2, -0.15) is 0 Å². The monoisotopic (exact) mass is 205 g/mol. The molecule has 0 saturated heterocycles. The lowest BCUT2D eigenvalue weighted by Gasteiger charge is -2.21. The molecule has 80 valence electrons. The highest BCUT2D eigenvalue weighted by Crippen LogP contribution is 2.32. The summed E-state index contributed by atoms with van der Waals surface area (Å²) in [5.41, 5.74) is 2.51. The number of rotatable bonds is 0. The van der Waals surface area contributed by atoms with Crippen LogP contribution in [0.5, 0.6) is 0 Å². The van der Waals surface area contributed by atoms with E-state index in [1.165, 1.54) is 0 Å². The molecular formula is C12H15NO2. The lowest BCUT2D eigenvalue weighted by atomic mass is 9.82. The number of nitrogens with zero attached hydrogens (tertiary/aromatic N) is 1. The van der Waals surface area contributed by atoms with Crippen molar-refractivity contribution in [3.63, 3.8) is 0 Å². The third-order valence-corrected chi connectivity index (χ3v) is 2.73. The molecule has 0 radical (unpaired) electrons. The molecule has 0 atom stereocenters. The number of hydroxylamine groups is 2. The first-order chi connectivity index (χ1) is 6.91. The maximum absolute atomic E-state index is 11.7. The molecule has 1 heterocycles. The number of fused-ring (bicyclic) bond motifs is 1. The standard InChI is InChI=1S/C12H15NO2/c1-12(2,3)9-6-4-5-8-7-13(15)11(14)10(8)9/h4-6,15H,7H2,1-3H3. The van der Waals surface area contributed by atoms with E-state index in [0.29, 0.717) is 12.1 Å². The molecule has 1 aromatic carbocycles. The van der Waals surface area contributed by atoms with Crippen molar-refractivity contribution in [2.45, 2.75) is 32.7 Å². The van der Waals surface area contributed by atoms with Crippen molar-refractivity contribution >= 4 is 5.91 Å². The summed E-state index contributed by atoms with van der Waals surface area (Å²) in [5, 5.41) is 10.2. The molecule has 0 unspecified atom stereocenters. The van der Waals surface area contributed by atoms with E-state index in [-0.39, 0.29) is 11.3 Å². The van der Waals surface area contributed by atoms with Gasteiger partial charge >= 0.3 is 0 Å². The van der Waals surface area contributed by atoms with Gasteiger partial charge in [0.15, 0.2) is 0 Å². The third-order valence-electron chi connectivity index (χ3n) is 2.73. The van der Waals surface area contributed by atoms with E-state index in [4.69, 9.17) is 0 Å². The summed E-state index contributed by atoms with van der Waals surface area (Å²) in [6.45, 7) is 6.50. The van der Waals surface area contributed by atoms with E-state index >= 15 is 0 Å². The van der Waals surface area contributed by atoms with E-state index in [0.717, 1.165) is 16.2 Å². The van der Waals surface area contributed by atoms with Crippen molar-refractivity contribution in [1.82, 2.24) is 5.06 Å². The third kappa shape index (κ3) is 1.53. The molecule has 3 heteroatoms.